The summed E-state index contributed by atoms with van der Waals surface area (Å²) in [5.41, 5.74) is 0.0328. The van der Waals surface area contributed by atoms with Crippen molar-refractivity contribution in [1.82, 2.24) is 20.2 Å². The van der Waals surface area contributed by atoms with Gasteiger partial charge in [0.1, 0.15) is 17.6 Å². The molecule has 3 rings (SSSR count). The minimum absolute atomic E-state index is 0.230. The molecule has 1 unspecified atom stereocenters. The van der Waals surface area contributed by atoms with Gasteiger partial charge in [0.25, 0.3) is 11.8 Å². The summed E-state index contributed by atoms with van der Waals surface area (Å²) >= 11 is 0. The maximum Gasteiger partial charge on any atom is 0.274 e. The van der Waals surface area contributed by atoms with E-state index in [-0.39, 0.29) is 18.2 Å². The number of imide groups is 1. The van der Waals surface area contributed by atoms with Crippen LogP contribution in [0.25, 0.3) is 0 Å². The fourth-order valence-corrected chi connectivity index (χ4v) is 2.49. The van der Waals surface area contributed by atoms with Crippen LogP contribution in [0.1, 0.15) is 35.8 Å². The zero-order chi connectivity index (χ0) is 13.6. The highest BCUT2D eigenvalue weighted by molar-refractivity contribution is 6.06. The Labute approximate surface area is 109 Å². The number of aromatic nitrogens is 2. The van der Waals surface area contributed by atoms with Gasteiger partial charge in [-0.05, 0) is 13.3 Å². The Morgan fingerprint density at radius 1 is 1.37 bits per heavy atom. The predicted octanol–water partition coefficient (Wildman–Crippen LogP) is -0.372. The van der Waals surface area contributed by atoms with E-state index in [2.05, 4.69) is 15.3 Å². The van der Waals surface area contributed by atoms with Crippen LogP contribution in [0, 0.1) is 0 Å². The third-order valence-electron chi connectivity index (χ3n) is 3.74. The lowest BCUT2D eigenvalue weighted by Crippen LogP contribution is -2.61. The van der Waals surface area contributed by atoms with Crippen molar-refractivity contribution in [3.8, 4) is 0 Å². The Hall–Kier alpha value is -2.31. The summed E-state index contributed by atoms with van der Waals surface area (Å²) < 4.78 is 0. The van der Waals surface area contributed by atoms with Crippen LogP contribution in [0.2, 0.25) is 0 Å². The van der Waals surface area contributed by atoms with E-state index in [0.717, 1.165) is 0 Å². The van der Waals surface area contributed by atoms with Crippen LogP contribution in [-0.4, -0.2) is 38.1 Å². The number of hydrogen-bond donors (Lipinski definition) is 1. The molecule has 0 radical (unpaired) electrons. The van der Waals surface area contributed by atoms with Crippen LogP contribution in [0.4, 0.5) is 0 Å². The van der Waals surface area contributed by atoms with Crippen molar-refractivity contribution < 1.29 is 14.4 Å². The Morgan fingerprint density at radius 2 is 2.16 bits per heavy atom. The average Bonchev–Trinajstić information content (AvgIpc) is 2.73. The number of nitrogens with zero attached hydrogens (tertiary/aromatic N) is 3. The second-order valence-electron chi connectivity index (χ2n) is 4.94. The minimum atomic E-state index is -1.01. The molecule has 7 nitrogen and oxygen atoms in total. The summed E-state index contributed by atoms with van der Waals surface area (Å²) in [6.07, 6.45) is 3.45. The number of carbonyl (C=O) groups excluding carboxylic acids is 3. The first-order valence-electron chi connectivity index (χ1n) is 5.97. The van der Waals surface area contributed by atoms with Crippen molar-refractivity contribution in [2.75, 3.05) is 0 Å². The van der Waals surface area contributed by atoms with E-state index >= 15 is 0 Å². The fourth-order valence-electron chi connectivity index (χ4n) is 2.49. The van der Waals surface area contributed by atoms with Crippen molar-refractivity contribution >= 4 is 17.7 Å². The quantitative estimate of drug-likeness (QED) is 0.695. The largest absolute Gasteiger partial charge is 0.318 e. The molecule has 1 N–H and O–H groups in total. The van der Waals surface area contributed by atoms with Gasteiger partial charge in [-0.3, -0.25) is 19.7 Å². The molecule has 1 atom stereocenters. The number of carbonyl (C=O) groups is 3. The Balaban J connectivity index is 1.95. The van der Waals surface area contributed by atoms with Crippen LogP contribution in [0.3, 0.4) is 0 Å². The first kappa shape index (κ1) is 11.8. The zero-order valence-corrected chi connectivity index (χ0v) is 10.3. The lowest BCUT2D eigenvalue weighted by atomic mass is 9.89. The highest BCUT2D eigenvalue weighted by Gasteiger charge is 2.48. The van der Waals surface area contributed by atoms with E-state index in [1.54, 1.807) is 13.1 Å². The number of rotatable bonds is 1. The lowest BCUT2D eigenvalue weighted by molar-refractivity contribution is -0.142. The normalized spacial score (nSPS) is 26.4. The van der Waals surface area contributed by atoms with E-state index in [1.807, 2.05) is 0 Å². The number of fused-ring (bicyclic) bond motifs is 1. The third-order valence-corrected chi connectivity index (χ3v) is 3.74. The Kier molecular flexibility index (Phi) is 2.38. The maximum atomic E-state index is 12.3. The molecule has 1 fully saturated rings. The third kappa shape index (κ3) is 1.61. The van der Waals surface area contributed by atoms with E-state index in [0.29, 0.717) is 24.2 Å². The number of nitrogens with one attached hydrogen (secondary N) is 1. The van der Waals surface area contributed by atoms with Gasteiger partial charge in [0.15, 0.2) is 0 Å². The van der Waals surface area contributed by atoms with Crippen molar-refractivity contribution in [2.45, 2.75) is 31.8 Å². The smallest absolute Gasteiger partial charge is 0.274 e. The monoisotopic (exact) mass is 260 g/mol. The van der Waals surface area contributed by atoms with Crippen molar-refractivity contribution in [2.24, 2.45) is 0 Å². The van der Waals surface area contributed by atoms with E-state index in [1.165, 1.54) is 11.2 Å². The molecule has 0 bridgehead atoms. The van der Waals surface area contributed by atoms with Gasteiger partial charge in [0.2, 0.25) is 5.91 Å². The summed E-state index contributed by atoms with van der Waals surface area (Å²) in [6.45, 7) is 1.97. The van der Waals surface area contributed by atoms with Gasteiger partial charge in [-0.2, -0.15) is 0 Å². The number of piperidine rings is 1. The maximum absolute atomic E-state index is 12.3. The average molecular weight is 260 g/mol. The Morgan fingerprint density at radius 3 is 2.84 bits per heavy atom. The topological polar surface area (TPSA) is 92.3 Å². The van der Waals surface area contributed by atoms with E-state index in [4.69, 9.17) is 0 Å². The molecule has 0 spiro atoms. The molecule has 2 aliphatic rings. The molecular formula is C12H12N4O3. The van der Waals surface area contributed by atoms with Gasteiger partial charge in [0, 0.05) is 18.2 Å². The number of hydrogen-bond acceptors (Lipinski definition) is 5. The molecule has 0 aliphatic carbocycles. The summed E-state index contributed by atoms with van der Waals surface area (Å²) in [7, 11) is 0. The summed E-state index contributed by atoms with van der Waals surface area (Å²) in [5, 5.41) is 2.29. The second kappa shape index (κ2) is 3.84. The van der Waals surface area contributed by atoms with Crippen LogP contribution >= 0.6 is 0 Å². The van der Waals surface area contributed by atoms with Crippen LogP contribution in [0.15, 0.2) is 12.5 Å². The van der Waals surface area contributed by atoms with Gasteiger partial charge in [-0.15, -0.1) is 0 Å². The lowest BCUT2D eigenvalue weighted by Gasteiger charge is -2.39. The molecule has 1 saturated heterocycles. The van der Waals surface area contributed by atoms with Gasteiger partial charge >= 0.3 is 0 Å². The van der Waals surface area contributed by atoms with Crippen molar-refractivity contribution in [3.63, 3.8) is 0 Å². The molecule has 0 saturated carbocycles. The van der Waals surface area contributed by atoms with E-state index in [9.17, 15) is 14.4 Å². The number of amides is 3. The fraction of sp³-hybridized carbons (Fsp3) is 0.417. The first-order chi connectivity index (χ1) is 9.02. The minimum Gasteiger partial charge on any atom is -0.318 e. The van der Waals surface area contributed by atoms with Crippen LogP contribution in [0.5, 0.6) is 0 Å². The molecule has 7 heteroatoms. The molecule has 3 amide bonds. The van der Waals surface area contributed by atoms with Gasteiger partial charge in [-0.1, -0.05) is 0 Å². The van der Waals surface area contributed by atoms with Gasteiger partial charge in [-0.25, -0.2) is 9.97 Å². The predicted molar refractivity (Wildman–Crippen MR) is 62.7 cm³/mol. The summed E-state index contributed by atoms with van der Waals surface area (Å²) in [4.78, 5) is 44.9. The zero-order valence-electron chi connectivity index (χ0n) is 10.3. The Bertz CT molecular complexity index is 600. The molecular weight excluding hydrogens is 248 g/mol. The van der Waals surface area contributed by atoms with Gasteiger partial charge in [0.05, 0.1) is 6.54 Å². The van der Waals surface area contributed by atoms with Gasteiger partial charge < -0.3 is 4.90 Å². The molecule has 1 aromatic rings. The molecule has 3 heterocycles. The molecule has 0 aromatic carbocycles. The first-order valence-corrected chi connectivity index (χ1v) is 5.97. The molecule has 1 aromatic heterocycles. The highest BCUT2D eigenvalue weighted by atomic mass is 16.2. The second-order valence-corrected chi connectivity index (χ2v) is 4.94. The van der Waals surface area contributed by atoms with Crippen molar-refractivity contribution in [3.05, 3.63) is 23.8 Å². The van der Waals surface area contributed by atoms with Crippen LogP contribution < -0.4 is 5.32 Å². The molecule has 2 aliphatic heterocycles. The SMILES string of the molecule is CC1(N2Cc3cncnc3C2=O)CCC(=O)NC1=O. The highest BCUT2D eigenvalue weighted by Crippen LogP contribution is 2.32. The van der Waals surface area contributed by atoms with E-state index < -0.39 is 11.4 Å². The summed E-state index contributed by atoms with van der Waals surface area (Å²) in [5.74, 6) is -1.02. The summed E-state index contributed by atoms with van der Waals surface area (Å²) in [6, 6.07) is 0. The van der Waals surface area contributed by atoms with Crippen molar-refractivity contribution in [1.29, 1.82) is 0 Å². The molecule has 98 valence electrons. The molecule has 19 heavy (non-hydrogen) atoms. The standard InChI is InChI=1S/C12H12N4O3/c1-12(3-2-8(17)15-11(12)19)16-5-7-4-13-6-14-9(7)10(16)18/h4,6H,2-3,5H2,1H3,(H,15,17,19). The van der Waals surface area contributed by atoms with Crippen LogP contribution in [-0.2, 0) is 16.1 Å².